The second kappa shape index (κ2) is 15.3. The number of aromatic amines is 1. The Labute approximate surface area is 234 Å². The molecule has 4 N–H and O–H groups in total. The Morgan fingerprint density at radius 1 is 0.846 bits per heavy atom. The molecule has 2 heterocycles. The van der Waals surface area contributed by atoms with Crippen LogP contribution in [0.25, 0.3) is 21.9 Å². The summed E-state index contributed by atoms with van der Waals surface area (Å²) in [5, 5.41) is 4.64. The summed E-state index contributed by atoms with van der Waals surface area (Å²) >= 11 is 0. The molecule has 0 bridgehead atoms. The highest BCUT2D eigenvalue weighted by Gasteiger charge is 2.18. The molecule has 0 aliphatic carbocycles. The highest BCUT2D eigenvalue weighted by molar-refractivity contribution is 6.07. The molecule has 0 spiro atoms. The average Bonchev–Trinajstić information content (AvgIpc) is 3.41. The fourth-order valence-electron chi connectivity index (χ4n) is 5.28. The number of pyridine rings is 1. The lowest BCUT2D eigenvalue weighted by molar-refractivity contribution is 0.539. The topological polar surface area (TPSA) is 79.6 Å². The number of benzene rings is 2. The number of hydrogen-bond acceptors (Lipinski definition) is 4. The SMILES string of the molecule is CCCC(CCC)c1nc2c([nH]1)c(Nc1ccc(C#CCCCCCCCCCN)cc1)nc1ccccc12. The van der Waals surface area contributed by atoms with Crippen LogP contribution in [0.4, 0.5) is 11.5 Å². The van der Waals surface area contributed by atoms with Crippen LogP contribution in [-0.4, -0.2) is 21.5 Å². The van der Waals surface area contributed by atoms with E-state index < -0.39 is 0 Å². The van der Waals surface area contributed by atoms with Gasteiger partial charge in [0.15, 0.2) is 5.82 Å². The Balaban J connectivity index is 1.43. The number of H-pyrrole nitrogens is 1. The van der Waals surface area contributed by atoms with E-state index in [9.17, 15) is 0 Å². The zero-order valence-corrected chi connectivity index (χ0v) is 23.9. The predicted octanol–water partition coefficient (Wildman–Crippen LogP) is 8.97. The van der Waals surface area contributed by atoms with Crippen molar-refractivity contribution in [1.29, 1.82) is 0 Å². The average molecular weight is 524 g/mol. The number of rotatable bonds is 15. The molecular formula is C34H45N5. The lowest BCUT2D eigenvalue weighted by Gasteiger charge is -2.11. The van der Waals surface area contributed by atoms with E-state index in [0.29, 0.717) is 5.92 Å². The fraction of sp³-hybridized carbons (Fsp3) is 0.471. The number of imidazole rings is 1. The Bertz CT molecular complexity index is 1350. The van der Waals surface area contributed by atoms with E-state index in [1.807, 2.05) is 6.07 Å². The maximum atomic E-state index is 5.55. The van der Waals surface area contributed by atoms with E-state index in [-0.39, 0.29) is 0 Å². The van der Waals surface area contributed by atoms with E-state index in [1.54, 1.807) is 0 Å². The molecular weight excluding hydrogens is 478 g/mol. The molecule has 5 heteroatoms. The van der Waals surface area contributed by atoms with Crippen molar-refractivity contribution in [2.75, 3.05) is 11.9 Å². The van der Waals surface area contributed by atoms with Crippen molar-refractivity contribution >= 4 is 33.4 Å². The molecule has 0 amide bonds. The summed E-state index contributed by atoms with van der Waals surface area (Å²) < 4.78 is 0. The quantitative estimate of drug-likeness (QED) is 0.107. The second-order valence-corrected chi connectivity index (χ2v) is 10.6. The molecule has 0 unspecified atom stereocenters. The van der Waals surface area contributed by atoms with Crippen molar-refractivity contribution < 1.29 is 0 Å². The first-order chi connectivity index (χ1) is 19.2. The molecule has 2 aromatic heterocycles. The third-order valence-electron chi connectivity index (χ3n) is 7.40. The van der Waals surface area contributed by atoms with E-state index >= 15 is 0 Å². The van der Waals surface area contributed by atoms with Crippen LogP contribution in [0.2, 0.25) is 0 Å². The number of fused-ring (bicyclic) bond motifs is 3. The monoisotopic (exact) mass is 523 g/mol. The molecule has 39 heavy (non-hydrogen) atoms. The molecule has 5 nitrogen and oxygen atoms in total. The second-order valence-electron chi connectivity index (χ2n) is 10.6. The van der Waals surface area contributed by atoms with Gasteiger partial charge >= 0.3 is 0 Å². The van der Waals surface area contributed by atoms with Crippen LogP contribution in [0.15, 0.2) is 48.5 Å². The van der Waals surface area contributed by atoms with Crippen molar-refractivity contribution in [3.8, 4) is 11.8 Å². The van der Waals surface area contributed by atoms with Crippen LogP contribution in [0.3, 0.4) is 0 Å². The number of aromatic nitrogens is 3. The van der Waals surface area contributed by atoms with Crippen molar-refractivity contribution in [3.63, 3.8) is 0 Å². The smallest absolute Gasteiger partial charge is 0.157 e. The molecule has 206 valence electrons. The maximum absolute atomic E-state index is 5.55. The van der Waals surface area contributed by atoms with Crippen molar-refractivity contribution in [2.24, 2.45) is 5.73 Å². The minimum atomic E-state index is 0.443. The number of anilines is 2. The summed E-state index contributed by atoms with van der Waals surface area (Å²) in [5.41, 5.74) is 10.5. The molecule has 0 radical (unpaired) electrons. The molecule has 4 rings (SSSR count). The van der Waals surface area contributed by atoms with Crippen LogP contribution in [0.5, 0.6) is 0 Å². The van der Waals surface area contributed by atoms with E-state index in [0.717, 1.165) is 89.9 Å². The van der Waals surface area contributed by atoms with Gasteiger partial charge in [-0.25, -0.2) is 9.97 Å². The van der Waals surface area contributed by atoms with Crippen LogP contribution < -0.4 is 11.1 Å². The van der Waals surface area contributed by atoms with Crippen molar-refractivity contribution in [3.05, 3.63) is 59.9 Å². The van der Waals surface area contributed by atoms with Gasteiger partial charge in [-0.15, -0.1) is 0 Å². The molecule has 0 fully saturated rings. The van der Waals surface area contributed by atoms with Gasteiger partial charge in [0.25, 0.3) is 0 Å². The summed E-state index contributed by atoms with van der Waals surface area (Å²) in [6.45, 7) is 5.31. The van der Waals surface area contributed by atoms with Gasteiger partial charge in [-0.2, -0.15) is 0 Å². The molecule has 4 aromatic rings. The van der Waals surface area contributed by atoms with Gasteiger partial charge in [0.05, 0.1) is 5.52 Å². The van der Waals surface area contributed by atoms with Crippen molar-refractivity contribution in [2.45, 2.75) is 96.8 Å². The number of nitrogens with two attached hydrogens (primary N) is 1. The van der Waals surface area contributed by atoms with Gasteiger partial charge in [0.1, 0.15) is 16.9 Å². The third kappa shape index (κ3) is 8.07. The fourth-order valence-corrected chi connectivity index (χ4v) is 5.28. The number of unbranched alkanes of at least 4 members (excludes halogenated alkanes) is 7. The maximum Gasteiger partial charge on any atom is 0.157 e. The summed E-state index contributed by atoms with van der Waals surface area (Å²) in [5.74, 6) is 9.01. The van der Waals surface area contributed by atoms with Gasteiger partial charge in [-0.1, -0.05) is 88.8 Å². The molecule has 0 aliphatic heterocycles. The van der Waals surface area contributed by atoms with Gasteiger partial charge < -0.3 is 16.0 Å². The Morgan fingerprint density at radius 3 is 2.26 bits per heavy atom. The van der Waals surface area contributed by atoms with Crippen LogP contribution in [0, 0.1) is 11.8 Å². The largest absolute Gasteiger partial charge is 0.339 e. The minimum Gasteiger partial charge on any atom is -0.339 e. The van der Waals surface area contributed by atoms with Crippen LogP contribution in [0.1, 0.15) is 108 Å². The summed E-state index contributed by atoms with van der Waals surface area (Å²) in [7, 11) is 0. The first kappa shape index (κ1) is 28.6. The first-order valence-electron chi connectivity index (χ1n) is 15.1. The summed E-state index contributed by atoms with van der Waals surface area (Å²) in [6.07, 6.45) is 14.3. The summed E-state index contributed by atoms with van der Waals surface area (Å²) in [6, 6.07) is 16.6. The van der Waals surface area contributed by atoms with Gasteiger partial charge in [-0.3, -0.25) is 0 Å². The minimum absolute atomic E-state index is 0.443. The van der Waals surface area contributed by atoms with E-state index in [1.165, 1.54) is 38.5 Å². The lowest BCUT2D eigenvalue weighted by atomic mass is 9.98. The zero-order valence-electron chi connectivity index (χ0n) is 23.9. The zero-order chi connectivity index (χ0) is 27.3. The van der Waals surface area contributed by atoms with Crippen LogP contribution in [-0.2, 0) is 0 Å². The molecule has 0 saturated carbocycles. The normalized spacial score (nSPS) is 11.3. The van der Waals surface area contributed by atoms with Crippen molar-refractivity contribution in [1.82, 2.24) is 15.0 Å². The number of nitrogens with one attached hydrogen (secondary N) is 2. The molecule has 2 aromatic carbocycles. The first-order valence-corrected chi connectivity index (χ1v) is 15.1. The summed E-state index contributed by atoms with van der Waals surface area (Å²) in [4.78, 5) is 13.7. The number of nitrogens with zero attached hydrogens (tertiary/aromatic N) is 2. The molecule has 0 aliphatic rings. The van der Waals surface area contributed by atoms with E-state index in [4.69, 9.17) is 15.7 Å². The standard InChI is InChI=1S/C34H45N5/c1-3-16-27(17-4-2)33-38-31-29-19-13-14-20-30(29)37-34(32(31)39-33)36-28-23-21-26(22-24-28)18-12-10-8-6-5-7-9-11-15-25-35/h13-14,19-24,27H,3-11,15-17,25,35H2,1-2H3,(H,36,37)(H,38,39). The van der Waals surface area contributed by atoms with Crippen LogP contribution >= 0.6 is 0 Å². The number of para-hydroxylation sites is 1. The highest BCUT2D eigenvalue weighted by atomic mass is 15.0. The van der Waals surface area contributed by atoms with Gasteiger partial charge in [0.2, 0.25) is 0 Å². The Kier molecular flexibility index (Phi) is 11.2. The van der Waals surface area contributed by atoms with Gasteiger partial charge in [-0.05, 0) is 62.6 Å². The number of hydrogen-bond donors (Lipinski definition) is 3. The van der Waals surface area contributed by atoms with E-state index in [2.05, 4.69) is 78.5 Å². The highest BCUT2D eigenvalue weighted by Crippen LogP contribution is 2.33. The molecule has 0 atom stereocenters. The Morgan fingerprint density at radius 2 is 1.54 bits per heavy atom. The predicted molar refractivity (Wildman–Crippen MR) is 167 cm³/mol. The third-order valence-corrected chi connectivity index (χ3v) is 7.40. The molecule has 0 saturated heterocycles. The lowest BCUT2D eigenvalue weighted by Crippen LogP contribution is -2.00. The Hall–Kier alpha value is -3.36. The van der Waals surface area contributed by atoms with Gasteiger partial charge in [0, 0.05) is 29.0 Å².